The summed E-state index contributed by atoms with van der Waals surface area (Å²) >= 11 is 14.4. The molecule has 0 aliphatic carbocycles. The molecular weight excluding hydrogens is 521 g/mol. The molecule has 3 nitrogen and oxygen atoms in total. The molecular formula is C31H37Cl2NO2S. The minimum Gasteiger partial charge on any atom is -0.497 e. The summed E-state index contributed by atoms with van der Waals surface area (Å²) in [6, 6.07) is 20.9. The highest BCUT2D eigenvalue weighted by Crippen LogP contribution is 2.31. The van der Waals surface area contributed by atoms with Gasteiger partial charge in [0.1, 0.15) is 5.75 Å². The summed E-state index contributed by atoms with van der Waals surface area (Å²) in [6.45, 7) is 7.10. The van der Waals surface area contributed by atoms with Crippen molar-refractivity contribution in [2.45, 2.75) is 50.2 Å². The Morgan fingerprint density at radius 2 is 1.59 bits per heavy atom. The molecule has 0 N–H and O–H groups in total. The number of likely N-dealkylation sites (tertiary alicyclic amines) is 1. The van der Waals surface area contributed by atoms with Crippen LogP contribution in [0.25, 0.3) is 11.1 Å². The molecule has 3 aromatic rings. The molecule has 1 aliphatic heterocycles. The lowest BCUT2D eigenvalue weighted by Crippen LogP contribution is -2.32. The summed E-state index contributed by atoms with van der Waals surface area (Å²) < 4.78 is 11.5. The third-order valence-corrected chi connectivity index (χ3v) is 8.89. The van der Waals surface area contributed by atoms with Crippen LogP contribution in [-0.4, -0.2) is 43.5 Å². The van der Waals surface area contributed by atoms with Gasteiger partial charge < -0.3 is 14.4 Å². The molecule has 3 aromatic carbocycles. The van der Waals surface area contributed by atoms with Crippen molar-refractivity contribution in [3.63, 3.8) is 0 Å². The predicted molar refractivity (Wildman–Crippen MR) is 159 cm³/mol. The Kier molecular flexibility index (Phi) is 11.1. The first-order chi connectivity index (χ1) is 18.0. The van der Waals surface area contributed by atoms with Gasteiger partial charge in [-0.3, -0.25) is 0 Å². The molecule has 1 heterocycles. The van der Waals surface area contributed by atoms with E-state index in [2.05, 4.69) is 42.2 Å². The number of hydrogen-bond acceptors (Lipinski definition) is 4. The first-order valence-corrected chi connectivity index (χ1v) is 14.9. The summed E-state index contributed by atoms with van der Waals surface area (Å²) in [6.07, 6.45) is 4.97. The standard InChI is InChI=1S/C31H37Cl2NO2S/c1-23(37-22-24-6-11-29(35-2)12-7-24)18-25-8-9-26(27-10-13-30(32)31(33)20-27)19-28(25)21-36-17-16-34-14-4-3-5-15-34/h6-13,19-20,23H,3-5,14-18,21-22H2,1-2H3. The second-order valence-electron chi connectivity index (χ2n) is 9.74. The fourth-order valence-electron chi connectivity index (χ4n) is 4.70. The first kappa shape index (κ1) is 28.3. The molecule has 0 saturated carbocycles. The number of halogens is 2. The Bertz CT molecular complexity index is 1130. The van der Waals surface area contributed by atoms with Gasteiger partial charge in [-0.2, -0.15) is 11.8 Å². The van der Waals surface area contributed by atoms with Crippen LogP contribution in [0.4, 0.5) is 0 Å². The summed E-state index contributed by atoms with van der Waals surface area (Å²) in [5, 5.41) is 1.63. The number of rotatable bonds is 12. The monoisotopic (exact) mass is 557 g/mol. The lowest BCUT2D eigenvalue weighted by atomic mass is 9.97. The highest BCUT2D eigenvalue weighted by Gasteiger charge is 2.13. The molecule has 37 heavy (non-hydrogen) atoms. The maximum Gasteiger partial charge on any atom is 0.118 e. The van der Waals surface area contributed by atoms with Crippen LogP contribution >= 0.6 is 35.0 Å². The maximum absolute atomic E-state index is 6.31. The van der Waals surface area contributed by atoms with Crippen LogP contribution in [0.15, 0.2) is 60.7 Å². The number of methoxy groups -OCH3 is 1. The van der Waals surface area contributed by atoms with Gasteiger partial charge in [0.05, 0.1) is 30.4 Å². The smallest absolute Gasteiger partial charge is 0.118 e. The molecule has 6 heteroatoms. The number of thioether (sulfide) groups is 1. The third kappa shape index (κ3) is 8.66. The van der Waals surface area contributed by atoms with Crippen molar-refractivity contribution in [1.29, 1.82) is 0 Å². The number of nitrogens with zero attached hydrogens (tertiary/aromatic N) is 1. The van der Waals surface area contributed by atoms with Gasteiger partial charge in [0.25, 0.3) is 0 Å². The summed E-state index contributed by atoms with van der Waals surface area (Å²) in [4.78, 5) is 2.52. The van der Waals surface area contributed by atoms with E-state index in [1.54, 1.807) is 7.11 Å². The normalized spacial score (nSPS) is 15.0. The van der Waals surface area contributed by atoms with Crippen molar-refractivity contribution in [1.82, 2.24) is 4.90 Å². The van der Waals surface area contributed by atoms with Gasteiger partial charge >= 0.3 is 0 Å². The molecule has 1 fully saturated rings. The number of hydrogen-bond donors (Lipinski definition) is 0. The molecule has 1 aliphatic rings. The molecule has 1 saturated heterocycles. The predicted octanol–water partition coefficient (Wildman–Crippen LogP) is 8.54. The highest BCUT2D eigenvalue weighted by atomic mass is 35.5. The molecule has 1 unspecified atom stereocenters. The first-order valence-electron chi connectivity index (χ1n) is 13.1. The largest absolute Gasteiger partial charge is 0.497 e. The Labute approximate surface area is 236 Å². The van der Waals surface area contributed by atoms with Gasteiger partial charge in [-0.1, -0.05) is 66.9 Å². The molecule has 0 bridgehead atoms. The summed E-state index contributed by atoms with van der Waals surface area (Å²) in [7, 11) is 1.70. The molecule has 4 rings (SSSR count). The lowest BCUT2D eigenvalue weighted by molar-refractivity contribution is 0.0860. The van der Waals surface area contributed by atoms with E-state index in [0.717, 1.165) is 42.2 Å². The molecule has 0 amide bonds. The van der Waals surface area contributed by atoms with Crippen LogP contribution in [0.1, 0.15) is 42.9 Å². The van der Waals surface area contributed by atoms with Crippen LogP contribution < -0.4 is 4.74 Å². The van der Waals surface area contributed by atoms with Crippen molar-refractivity contribution >= 4 is 35.0 Å². The topological polar surface area (TPSA) is 21.7 Å². The van der Waals surface area contributed by atoms with E-state index in [-0.39, 0.29) is 0 Å². The van der Waals surface area contributed by atoms with Crippen LogP contribution in [0.2, 0.25) is 10.0 Å². The maximum atomic E-state index is 6.31. The molecule has 0 radical (unpaired) electrons. The number of piperidine rings is 1. The van der Waals surface area contributed by atoms with E-state index in [0.29, 0.717) is 21.9 Å². The van der Waals surface area contributed by atoms with Gasteiger partial charge in [0, 0.05) is 17.5 Å². The zero-order valence-electron chi connectivity index (χ0n) is 21.8. The summed E-state index contributed by atoms with van der Waals surface area (Å²) in [5.74, 6) is 1.88. The Balaban J connectivity index is 1.42. The second-order valence-corrected chi connectivity index (χ2v) is 12.0. The van der Waals surface area contributed by atoms with E-state index in [1.165, 1.54) is 49.0 Å². The average Bonchev–Trinajstić information content (AvgIpc) is 2.93. The van der Waals surface area contributed by atoms with Gasteiger partial charge in [-0.05, 0) is 90.5 Å². The zero-order valence-corrected chi connectivity index (χ0v) is 24.2. The minimum absolute atomic E-state index is 0.477. The fourth-order valence-corrected chi connectivity index (χ4v) is 5.97. The minimum atomic E-state index is 0.477. The van der Waals surface area contributed by atoms with Gasteiger partial charge in [-0.15, -0.1) is 0 Å². The van der Waals surface area contributed by atoms with Gasteiger partial charge in [0.15, 0.2) is 0 Å². The van der Waals surface area contributed by atoms with Crippen LogP contribution in [-0.2, 0) is 23.5 Å². The van der Waals surface area contributed by atoms with Crippen molar-refractivity contribution in [2.75, 3.05) is 33.4 Å². The van der Waals surface area contributed by atoms with Crippen LogP contribution in [0, 0.1) is 0 Å². The zero-order chi connectivity index (χ0) is 26.0. The lowest BCUT2D eigenvalue weighted by Gasteiger charge is -2.26. The van der Waals surface area contributed by atoms with Gasteiger partial charge in [0.2, 0.25) is 0 Å². The Hall–Kier alpha value is -1.69. The van der Waals surface area contributed by atoms with Crippen LogP contribution in [0.5, 0.6) is 5.75 Å². The molecule has 0 spiro atoms. The summed E-state index contributed by atoms with van der Waals surface area (Å²) in [5.41, 5.74) is 6.11. The highest BCUT2D eigenvalue weighted by molar-refractivity contribution is 7.99. The number of benzene rings is 3. The van der Waals surface area contributed by atoms with E-state index in [4.69, 9.17) is 32.7 Å². The SMILES string of the molecule is COc1ccc(CSC(C)Cc2ccc(-c3ccc(Cl)c(Cl)c3)cc2COCCN2CCCCC2)cc1. The fraction of sp³-hybridized carbons (Fsp3) is 0.419. The molecule has 198 valence electrons. The van der Waals surface area contributed by atoms with Gasteiger partial charge in [-0.25, -0.2) is 0 Å². The Morgan fingerprint density at radius 3 is 2.32 bits per heavy atom. The van der Waals surface area contributed by atoms with E-state index < -0.39 is 0 Å². The molecule has 0 aromatic heterocycles. The quantitative estimate of drug-likeness (QED) is 0.208. The van der Waals surface area contributed by atoms with Crippen molar-refractivity contribution < 1.29 is 9.47 Å². The third-order valence-electron chi connectivity index (χ3n) is 6.92. The Morgan fingerprint density at radius 1 is 0.865 bits per heavy atom. The van der Waals surface area contributed by atoms with E-state index >= 15 is 0 Å². The average molecular weight is 559 g/mol. The van der Waals surface area contributed by atoms with E-state index in [1.807, 2.05) is 42.1 Å². The van der Waals surface area contributed by atoms with E-state index in [9.17, 15) is 0 Å². The number of ether oxygens (including phenoxy) is 2. The second kappa shape index (κ2) is 14.5. The molecule has 1 atom stereocenters. The van der Waals surface area contributed by atoms with Crippen molar-refractivity contribution in [3.05, 3.63) is 87.4 Å². The van der Waals surface area contributed by atoms with Crippen molar-refractivity contribution in [3.8, 4) is 16.9 Å². The van der Waals surface area contributed by atoms with Crippen molar-refractivity contribution in [2.24, 2.45) is 0 Å². The van der Waals surface area contributed by atoms with Crippen LogP contribution in [0.3, 0.4) is 0 Å².